The molecule has 0 unspecified atom stereocenters. The fourth-order valence-electron chi connectivity index (χ4n) is 3.27. The maximum Gasteiger partial charge on any atom is 0.243 e. The molecule has 144 valence electrons. The minimum atomic E-state index is -3.48. The molecule has 0 atom stereocenters. The highest BCUT2D eigenvalue weighted by molar-refractivity contribution is 7.89. The van der Waals surface area contributed by atoms with Crippen LogP contribution in [0.15, 0.2) is 29.2 Å². The van der Waals surface area contributed by atoms with Gasteiger partial charge < -0.3 is 9.64 Å². The van der Waals surface area contributed by atoms with Crippen molar-refractivity contribution in [2.24, 2.45) is 0 Å². The van der Waals surface area contributed by atoms with E-state index in [0.29, 0.717) is 37.5 Å². The number of morpholine rings is 1. The molecular weight excluding hydrogens is 354 g/mol. The molecule has 2 aliphatic heterocycles. The van der Waals surface area contributed by atoms with Crippen molar-refractivity contribution in [1.29, 1.82) is 0 Å². The van der Waals surface area contributed by atoms with E-state index in [9.17, 15) is 13.2 Å². The van der Waals surface area contributed by atoms with Crippen LogP contribution in [0.3, 0.4) is 0 Å². The standard InChI is InChI=1S/C18H27N3O4S/c1-16-2-4-17(5-3-16)26(23,24)21-10-8-20(9-11-21)18(22)6-7-19-12-14-25-15-13-19/h2-5H,6-15H2,1H3. The lowest BCUT2D eigenvalue weighted by atomic mass is 10.2. The number of rotatable bonds is 5. The second-order valence-electron chi connectivity index (χ2n) is 6.80. The van der Waals surface area contributed by atoms with Crippen LogP contribution in [0.2, 0.25) is 0 Å². The van der Waals surface area contributed by atoms with Crippen molar-refractivity contribution in [2.45, 2.75) is 18.2 Å². The zero-order valence-electron chi connectivity index (χ0n) is 15.3. The second-order valence-corrected chi connectivity index (χ2v) is 8.74. The molecule has 1 aromatic carbocycles. The molecule has 3 rings (SSSR count). The lowest BCUT2D eigenvalue weighted by Gasteiger charge is -2.34. The summed E-state index contributed by atoms with van der Waals surface area (Å²) in [7, 11) is -3.48. The van der Waals surface area contributed by atoms with Gasteiger partial charge in [0.1, 0.15) is 0 Å². The molecule has 2 fully saturated rings. The molecule has 0 bridgehead atoms. The quantitative estimate of drug-likeness (QED) is 0.745. The second kappa shape index (κ2) is 8.47. The lowest BCUT2D eigenvalue weighted by molar-refractivity contribution is -0.133. The number of carbonyl (C=O) groups is 1. The number of carbonyl (C=O) groups excluding carboxylic acids is 1. The Bertz CT molecular complexity index is 706. The molecule has 0 radical (unpaired) electrons. The van der Waals surface area contributed by atoms with Gasteiger partial charge in [0.25, 0.3) is 0 Å². The van der Waals surface area contributed by atoms with Gasteiger partial charge in [0.2, 0.25) is 15.9 Å². The average molecular weight is 381 g/mol. The monoisotopic (exact) mass is 381 g/mol. The third kappa shape index (κ3) is 4.62. The van der Waals surface area contributed by atoms with Crippen molar-refractivity contribution >= 4 is 15.9 Å². The molecule has 0 saturated carbocycles. The molecule has 7 nitrogen and oxygen atoms in total. The number of benzene rings is 1. The van der Waals surface area contributed by atoms with Crippen LogP contribution in [0.25, 0.3) is 0 Å². The van der Waals surface area contributed by atoms with Crippen LogP contribution in [0, 0.1) is 6.92 Å². The van der Waals surface area contributed by atoms with Crippen LogP contribution < -0.4 is 0 Å². The number of hydrogen-bond donors (Lipinski definition) is 0. The Morgan fingerprint density at radius 2 is 1.62 bits per heavy atom. The van der Waals surface area contributed by atoms with Gasteiger partial charge >= 0.3 is 0 Å². The number of hydrogen-bond acceptors (Lipinski definition) is 5. The minimum absolute atomic E-state index is 0.101. The first-order valence-corrected chi connectivity index (χ1v) is 10.6. The van der Waals surface area contributed by atoms with Crippen molar-refractivity contribution in [3.8, 4) is 0 Å². The van der Waals surface area contributed by atoms with Gasteiger partial charge in [0.05, 0.1) is 18.1 Å². The van der Waals surface area contributed by atoms with Crippen LogP contribution in [-0.4, -0.2) is 87.5 Å². The van der Waals surface area contributed by atoms with E-state index in [-0.39, 0.29) is 5.91 Å². The Kier molecular flexibility index (Phi) is 6.29. The minimum Gasteiger partial charge on any atom is -0.379 e. The van der Waals surface area contributed by atoms with Gasteiger partial charge in [-0.2, -0.15) is 4.31 Å². The summed E-state index contributed by atoms with van der Waals surface area (Å²) in [6.45, 7) is 7.46. The van der Waals surface area contributed by atoms with Crippen LogP contribution in [0.4, 0.5) is 0 Å². The predicted octanol–water partition coefficient (Wildman–Crippen LogP) is 0.550. The first-order valence-electron chi connectivity index (χ1n) is 9.11. The molecule has 2 heterocycles. The van der Waals surface area contributed by atoms with Crippen LogP contribution in [0.1, 0.15) is 12.0 Å². The fourth-order valence-corrected chi connectivity index (χ4v) is 4.70. The lowest BCUT2D eigenvalue weighted by Crippen LogP contribution is -2.51. The third-order valence-electron chi connectivity index (χ3n) is 5.00. The number of amides is 1. The first-order chi connectivity index (χ1) is 12.5. The maximum atomic E-state index is 12.7. The molecule has 0 aliphatic carbocycles. The van der Waals surface area contributed by atoms with Crippen molar-refractivity contribution < 1.29 is 17.9 Å². The van der Waals surface area contributed by atoms with E-state index < -0.39 is 10.0 Å². The van der Waals surface area contributed by atoms with Crippen molar-refractivity contribution in [2.75, 3.05) is 59.0 Å². The molecule has 8 heteroatoms. The highest BCUT2D eigenvalue weighted by Gasteiger charge is 2.30. The number of aryl methyl sites for hydroxylation is 1. The molecule has 1 amide bonds. The van der Waals surface area contributed by atoms with Crippen molar-refractivity contribution in [1.82, 2.24) is 14.1 Å². The summed E-state index contributed by atoms with van der Waals surface area (Å²) in [6.07, 6.45) is 0.477. The van der Waals surface area contributed by atoms with E-state index in [1.807, 2.05) is 6.92 Å². The smallest absolute Gasteiger partial charge is 0.243 e. The number of nitrogens with zero attached hydrogens (tertiary/aromatic N) is 3. The fraction of sp³-hybridized carbons (Fsp3) is 0.611. The van der Waals surface area contributed by atoms with E-state index in [1.54, 1.807) is 29.2 Å². The van der Waals surface area contributed by atoms with Crippen LogP contribution in [-0.2, 0) is 19.6 Å². The molecule has 2 saturated heterocycles. The molecule has 0 aromatic heterocycles. The van der Waals surface area contributed by atoms with Crippen molar-refractivity contribution in [3.05, 3.63) is 29.8 Å². The molecule has 2 aliphatic rings. The Morgan fingerprint density at radius 3 is 2.23 bits per heavy atom. The number of piperazine rings is 1. The largest absolute Gasteiger partial charge is 0.379 e. The summed E-state index contributed by atoms with van der Waals surface area (Å²) in [6, 6.07) is 6.89. The van der Waals surface area contributed by atoms with Gasteiger partial charge in [0.15, 0.2) is 0 Å². The van der Waals surface area contributed by atoms with E-state index in [4.69, 9.17) is 4.74 Å². The SMILES string of the molecule is Cc1ccc(S(=O)(=O)N2CCN(C(=O)CCN3CCOCC3)CC2)cc1. The van der Waals surface area contributed by atoms with E-state index >= 15 is 0 Å². The summed E-state index contributed by atoms with van der Waals surface area (Å²) < 4.78 is 32.2. The Morgan fingerprint density at radius 1 is 1.00 bits per heavy atom. The van der Waals surface area contributed by atoms with Gasteiger partial charge in [-0.3, -0.25) is 9.69 Å². The summed E-state index contributed by atoms with van der Waals surface area (Å²) in [5.41, 5.74) is 1.03. The van der Waals surface area contributed by atoms with E-state index in [1.165, 1.54) is 4.31 Å². The summed E-state index contributed by atoms with van der Waals surface area (Å²) >= 11 is 0. The van der Waals surface area contributed by atoms with Gasteiger partial charge in [-0.15, -0.1) is 0 Å². The highest BCUT2D eigenvalue weighted by atomic mass is 32.2. The maximum absolute atomic E-state index is 12.7. The zero-order valence-corrected chi connectivity index (χ0v) is 16.1. The Hall–Kier alpha value is -1.48. The molecule has 0 spiro atoms. The summed E-state index contributed by atoms with van der Waals surface area (Å²) in [5, 5.41) is 0. The van der Waals surface area contributed by atoms with E-state index in [0.717, 1.165) is 38.4 Å². The van der Waals surface area contributed by atoms with Gasteiger partial charge in [0, 0.05) is 52.2 Å². The number of ether oxygens (including phenoxy) is 1. The molecule has 26 heavy (non-hydrogen) atoms. The molecule has 0 N–H and O–H groups in total. The molecular formula is C18H27N3O4S. The van der Waals surface area contributed by atoms with E-state index in [2.05, 4.69) is 4.90 Å². The molecule has 1 aromatic rings. The first kappa shape index (κ1) is 19.3. The van der Waals surface area contributed by atoms with Crippen LogP contribution >= 0.6 is 0 Å². The van der Waals surface area contributed by atoms with Crippen LogP contribution in [0.5, 0.6) is 0 Å². The Balaban J connectivity index is 1.50. The summed E-state index contributed by atoms with van der Waals surface area (Å²) in [4.78, 5) is 16.7. The van der Waals surface area contributed by atoms with Gasteiger partial charge in [-0.1, -0.05) is 17.7 Å². The normalized spacial score (nSPS) is 20.3. The topological polar surface area (TPSA) is 70.2 Å². The predicted molar refractivity (Wildman–Crippen MR) is 98.4 cm³/mol. The number of sulfonamides is 1. The zero-order chi connectivity index (χ0) is 18.6. The van der Waals surface area contributed by atoms with Gasteiger partial charge in [-0.05, 0) is 19.1 Å². The van der Waals surface area contributed by atoms with Crippen molar-refractivity contribution in [3.63, 3.8) is 0 Å². The highest BCUT2D eigenvalue weighted by Crippen LogP contribution is 2.18. The Labute approximate surface area is 155 Å². The average Bonchev–Trinajstić information content (AvgIpc) is 2.67. The van der Waals surface area contributed by atoms with Gasteiger partial charge in [-0.25, -0.2) is 8.42 Å². The summed E-state index contributed by atoms with van der Waals surface area (Å²) in [5.74, 6) is 0.101. The third-order valence-corrected chi connectivity index (χ3v) is 6.91.